The summed E-state index contributed by atoms with van der Waals surface area (Å²) in [7, 11) is 0. The molecule has 1 aromatic heterocycles. The van der Waals surface area contributed by atoms with Crippen LogP contribution in [0.4, 0.5) is 4.39 Å². The summed E-state index contributed by atoms with van der Waals surface area (Å²) in [5, 5.41) is 5.37. The molecule has 2 rings (SSSR count). The minimum absolute atomic E-state index is 0. The first-order valence-corrected chi connectivity index (χ1v) is 6.21. The first-order chi connectivity index (χ1) is 7.86. The molecule has 0 atom stereocenters. The van der Waals surface area contributed by atoms with E-state index in [0.29, 0.717) is 0 Å². The molecule has 1 heterocycles. The molecular formula is C13H15ClFNS. The van der Waals surface area contributed by atoms with Crippen molar-refractivity contribution in [2.24, 2.45) is 0 Å². The molecule has 1 aromatic carbocycles. The molecule has 0 aliphatic rings. The Hall–Kier alpha value is -0.900. The van der Waals surface area contributed by atoms with E-state index in [1.807, 2.05) is 18.2 Å². The van der Waals surface area contributed by atoms with Gasteiger partial charge in [0.05, 0.1) is 0 Å². The summed E-state index contributed by atoms with van der Waals surface area (Å²) in [5.74, 6) is -0.111. The SMILES string of the molecule is Cl.Fc1ccccc1CCNCc1cccs1. The normalized spacial score (nSPS) is 9.94. The zero-order valence-electron chi connectivity index (χ0n) is 9.36. The molecule has 0 amide bonds. The second-order valence-electron chi connectivity index (χ2n) is 3.60. The van der Waals surface area contributed by atoms with Crippen LogP contribution in [0.15, 0.2) is 41.8 Å². The molecular weight excluding hydrogens is 257 g/mol. The lowest BCUT2D eigenvalue weighted by molar-refractivity contribution is 0.598. The minimum atomic E-state index is -0.111. The molecule has 0 saturated heterocycles. The van der Waals surface area contributed by atoms with Crippen LogP contribution < -0.4 is 5.32 Å². The zero-order chi connectivity index (χ0) is 11.2. The molecule has 4 heteroatoms. The van der Waals surface area contributed by atoms with Crippen molar-refractivity contribution in [3.63, 3.8) is 0 Å². The van der Waals surface area contributed by atoms with Crippen LogP contribution in [-0.2, 0) is 13.0 Å². The lowest BCUT2D eigenvalue weighted by Crippen LogP contribution is -2.16. The average molecular weight is 272 g/mol. The van der Waals surface area contributed by atoms with Gasteiger partial charge in [0, 0.05) is 11.4 Å². The molecule has 0 fully saturated rings. The minimum Gasteiger partial charge on any atom is -0.312 e. The van der Waals surface area contributed by atoms with Gasteiger partial charge in [0.25, 0.3) is 0 Å². The summed E-state index contributed by atoms with van der Waals surface area (Å²) in [6.45, 7) is 1.67. The van der Waals surface area contributed by atoms with Gasteiger partial charge >= 0.3 is 0 Å². The zero-order valence-corrected chi connectivity index (χ0v) is 11.0. The predicted molar refractivity (Wildman–Crippen MR) is 73.4 cm³/mol. The van der Waals surface area contributed by atoms with E-state index in [4.69, 9.17) is 0 Å². The van der Waals surface area contributed by atoms with Crippen molar-refractivity contribution in [2.45, 2.75) is 13.0 Å². The molecule has 0 spiro atoms. The number of thiophene rings is 1. The standard InChI is InChI=1S/C13H14FNS.ClH/c14-13-6-2-1-4-11(13)7-8-15-10-12-5-3-9-16-12;/h1-6,9,15H,7-8,10H2;1H. The van der Waals surface area contributed by atoms with Gasteiger partial charge in [-0.05, 0) is 36.0 Å². The molecule has 2 aromatic rings. The van der Waals surface area contributed by atoms with E-state index in [2.05, 4.69) is 16.8 Å². The number of hydrogen-bond acceptors (Lipinski definition) is 2. The van der Waals surface area contributed by atoms with Gasteiger partial charge in [-0.3, -0.25) is 0 Å². The second-order valence-corrected chi connectivity index (χ2v) is 4.63. The predicted octanol–water partition coefficient (Wildman–Crippen LogP) is 3.64. The van der Waals surface area contributed by atoms with Crippen LogP contribution in [0, 0.1) is 5.82 Å². The van der Waals surface area contributed by atoms with Crippen LogP contribution in [0.2, 0.25) is 0 Å². The van der Waals surface area contributed by atoms with E-state index in [1.54, 1.807) is 17.4 Å². The van der Waals surface area contributed by atoms with Gasteiger partial charge in [0.15, 0.2) is 0 Å². The van der Waals surface area contributed by atoms with Gasteiger partial charge in [-0.1, -0.05) is 24.3 Å². The summed E-state index contributed by atoms with van der Waals surface area (Å²) in [4.78, 5) is 1.31. The Kier molecular flexibility index (Phi) is 6.19. The summed E-state index contributed by atoms with van der Waals surface area (Å²) in [6.07, 6.45) is 0.734. The van der Waals surface area contributed by atoms with Crippen LogP contribution in [0.3, 0.4) is 0 Å². The third-order valence-corrected chi connectivity index (χ3v) is 3.28. The Morgan fingerprint density at radius 3 is 2.65 bits per heavy atom. The number of benzene rings is 1. The van der Waals surface area contributed by atoms with Crippen molar-refractivity contribution < 1.29 is 4.39 Å². The summed E-state index contributed by atoms with van der Waals surface area (Å²) >= 11 is 1.74. The van der Waals surface area contributed by atoms with E-state index in [9.17, 15) is 4.39 Å². The van der Waals surface area contributed by atoms with Crippen molar-refractivity contribution in [1.82, 2.24) is 5.32 Å². The number of hydrogen-bond donors (Lipinski definition) is 1. The van der Waals surface area contributed by atoms with Crippen molar-refractivity contribution in [2.75, 3.05) is 6.54 Å². The van der Waals surface area contributed by atoms with Gasteiger partial charge in [0.2, 0.25) is 0 Å². The highest BCUT2D eigenvalue weighted by Gasteiger charge is 1.99. The van der Waals surface area contributed by atoms with E-state index >= 15 is 0 Å². The smallest absolute Gasteiger partial charge is 0.126 e. The fourth-order valence-electron chi connectivity index (χ4n) is 1.55. The highest BCUT2D eigenvalue weighted by atomic mass is 35.5. The Balaban J connectivity index is 0.00000144. The Morgan fingerprint density at radius 2 is 1.94 bits per heavy atom. The number of rotatable bonds is 5. The van der Waals surface area contributed by atoms with E-state index < -0.39 is 0 Å². The Bertz CT molecular complexity index is 431. The van der Waals surface area contributed by atoms with Crippen LogP contribution in [0.1, 0.15) is 10.4 Å². The maximum Gasteiger partial charge on any atom is 0.126 e. The fourth-order valence-corrected chi connectivity index (χ4v) is 2.22. The Morgan fingerprint density at radius 1 is 1.12 bits per heavy atom. The first kappa shape index (κ1) is 14.2. The lowest BCUT2D eigenvalue weighted by Gasteiger charge is -2.04. The van der Waals surface area contributed by atoms with Crippen molar-refractivity contribution in [3.8, 4) is 0 Å². The van der Waals surface area contributed by atoms with Gasteiger partial charge in [0.1, 0.15) is 5.82 Å². The fraction of sp³-hybridized carbons (Fsp3) is 0.231. The molecule has 17 heavy (non-hydrogen) atoms. The molecule has 0 aliphatic heterocycles. The molecule has 0 saturated carbocycles. The lowest BCUT2D eigenvalue weighted by atomic mass is 10.1. The van der Waals surface area contributed by atoms with E-state index in [0.717, 1.165) is 25.1 Å². The van der Waals surface area contributed by atoms with Crippen molar-refractivity contribution in [3.05, 3.63) is 58.0 Å². The number of halogens is 2. The van der Waals surface area contributed by atoms with Gasteiger partial charge in [-0.2, -0.15) is 0 Å². The van der Waals surface area contributed by atoms with Crippen LogP contribution in [0.25, 0.3) is 0 Å². The molecule has 0 bridgehead atoms. The quantitative estimate of drug-likeness (QED) is 0.819. The van der Waals surface area contributed by atoms with Gasteiger partial charge in [-0.15, -0.1) is 23.7 Å². The molecule has 0 unspecified atom stereocenters. The third kappa shape index (κ3) is 4.46. The first-order valence-electron chi connectivity index (χ1n) is 5.33. The monoisotopic (exact) mass is 271 g/mol. The van der Waals surface area contributed by atoms with Crippen molar-refractivity contribution in [1.29, 1.82) is 0 Å². The topological polar surface area (TPSA) is 12.0 Å². The highest BCUT2D eigenvalue weighted by Crippen LogP contribution is 2.08. The highest BCUT2D eigenvalue weighted by molar-refractivity contribution is 7.09. The third-order valence-electron chi connectivity index (χ3n) is 2.41. The number of nitrogens with one attached hydrogen (secondary N) is 1. The van der Waals surface area contributed by atoms with Crippen LogP contribution in [0.5, 0.6) is 0 Å². The summed E-state index contributed by atoms with van der Waals surface area (Å²) < 4.78 is 13.3. The second kappa shape index (κ2) is 7.43. The maximum absolute atomic E-state index is 13.3. The average Bonchev–Trinajstić information content (AvgIpc) is 2.79. The molecule has 0 aliphatic carbocycles. The Labute approximate surface area is 111 Å². The van der Waals surface area contributed by atoms with Crippen LogP contribution in [-0.4, -0.2) is 6.54 Å². The molecule has 92 valence electrons. The molecule has 1 nitrogen and oxygen atoms in total. The summed E-state index contributed by atoms with van der Waals surface area (Å²) in [5.41, 5.74) is 0.779. The van der Waals surface area contributed by atoms with Crippen LogP contribution >= 0.6 is 23.7 Å². The van der Waals surface area contributed by atoms with Crippen molar-refractivity contribution >= 4 is 23.7 Å². The van der Waals surface area contributed by atoms with Gasteiger partial charge < -0.3 is 5.32 Å². The maximum atomic E-state index is 13.3. The largest absolute Gasteiger partial charge is 0.312 e. The van der Waals surface area contributed by atoms with E-state index in [-0.39, 0.29) is 18.2 Å². The van der Waals surface area contributed by atoms with E-state index in [1.165, 1.54) is 10.9 Å². The summed E-state index contributed by atoms with van der Waals surface area (Å²) in [6, 6.07) is 11.1. The van der Waals surface area contributed by atoms with Gasteiger partial charge in [-0.25, -0.2) is 4.39 Å². The molecule has 0 radical (unpaired) electrons. The molecule has 1 N–H and O–H groups in total.